The van der Waals surface area contributed by atoms with E-state index >= 15 is 0 Å². The molecule has 0 aliphatic heterocycles. The number of amides is 1. The Labute approximate surface area is 131 Å². The maximum Gasteiger partial charge on any atom is 0.340 e. The highest BCUT2D eigenvalue weighted by atomic mass is 16.5. The molecule has 1 aromatic rings. The zero-order chi connectivity index (χ0) is 17.4. The van der Waals surface area contributed by atoms with Crippen molar-refractivity contribution in [3.8, 4) is 0 Å². The number of hydrogen-bond acceptors (Lipinski definition) is 6. The van der Waals surface area contributed by atoms with Crippen LogP contribution in [0.5, 0.6) is 0 Å². The maximum atomic E-state index is 12.0. The van der Waals surface area contributed by atoms with Crippen molar-refractivity contribution in [1.82, 2.24) is 5.32 Å². The number of nitrogens with one attached hydrogen (secondary N) is 1. The molecule has 1 aromatic carbocycles. The fraction of sp³-hybridized carbons (Fsp3) is 0.200. The summed E-state index contributed by atoms with van der Waals surface area (Å²) >= 11 is 0. The number of esters is 2. The van der Waals surface area contributed by atoms with Crippen LogP contribution in [0.4, 0.5) is 0 Å². The predicted molar refractivity (Wildman–Crippen MR) is 78.4 cm³/mol. The number of ether oxygens (including phenoxy) is 2. The van der Waals surface area contributed by atoms with E-state index < -0.39 is 29.9 Å². The molecule has 0 unspecified atom stereocenters. The second-order valence-corrected chi connectivity index (χ2v) is 4.25. The van der Waals surface area contributed by atoms with Gasteiger partial charge in [0.25, 0.3) is 5.91 Å². The minimum atomic E-state index is -1.57. The molecule has 23 heavy (non-hydrogen) atoms. The topological polar surface area (TPSA) is 119 Å². The first-order valence-corrected chi connectivity index (χ1v) is 6.36. The molecule has 0 aromatic heterocycles. The number of benzene rings is 1. The van der Waals surface area contributed by atoms with Gasteiger partial charge >= 0.3 is 17.9 Å². The van der Waals surface area contributed by atoms with Crippen LogP contribution in [0, 0.1) is 0 Å². The van der Waals surface area contributed by atoms with Crippen molar-refractivity contribution in [2.24, 2.45) is 0 Å². The molecule has 8 nitrogen and oxygen atoms in total. The van der Waals surface area contributed by atoms with Crippen LogP contribution in [0.1, 0.15) is 15.9 Å². The van der Waals surface area contributed by atoms with Crippen molar-refractivity contribution >= 4 is 29.9 Å². The summed E-state index contributed by atoms with van der Waals surface area (Å²) in [5.74, 6) is -3.68. The first-order valence-electron chi connectivity index (χ1n) is 6.36. The largest absolute Gasteiger partial charge is 0.478 e. The van der Waals surface area contributed by atoms with E-state index in [1.807, 2.05) is 0 Å². The molecular weight excluding hydrogens is 306 g/mol. The summed E-state index contributed by atoms with van der Waals surface area (Å²) in [4.78, 5) is 45.4. The van der Waals surface area contributed by atoms with Crippen LogP contribution >= 0.6 is 0 Å². The molecule has 0 heterocycles. The van der Waals surface area contributed by atoms with Gasteiger partial charge in [-0.05, 0) is 23.8 Å². The van der Waals surface area contributed by atoms with Crippen molar-refractivity contribution in [1.29, 1.82) is 0 Å². The molecule has 122 valence electrons. The van der Waals surface area contributed by atoms with Gasteiger partial charge in [-0.25, -0.2) is 14.4 Å². The molecule has 0 radical (unpaired) electrons. The average Bonchev–Trinajstić information content (AvgIpc) is 2.56. The SMILES string of the molecule is COC(=O)C(NC(=O)c1ccc(C=CC(=O)O)cc1)C(=O)OC. The molecular formula is C15H15NO7. The normalized spacial score (nSPS) is 10.4. The zero-order valence-electron chi connectivity index (χ0n) is 12.4. The summed E-state index contributed by atoms with van der Waals surface area (Å²) in [7, 11) is 2.15. The molecule has 0 aliphatic carbocycles. The fourth-order valence-corrected chi connectivity index (χ4v) is 1.58. The van der Waals surface area contributed by atoms with Gasteiger partial charge in [0.2, 0.25) is 6.04 Å². The Bertz CT molecular complexity index is 618. The Morgan fingerprint density at radius 3 is 2.00 bits per heavy atom. The molecule has 1 amide bonds. The van der Waals surface area contributed by atoms with Crippen molar-refractivity contribution in [3.05, 3.63) is 41.5 Å². The number of hydrogen-bond donors (Lipinski definition) is 2. The summed E-state index contributed by atoms with van der Waals surface area (Å²) in [5, 5.41) is 10.7. The number of carbonyl (C=O) groups excluding carboxylic acids is 3. The zero-order valence-corrected chi connectivity index (χ0v) is 12.4. The predicted octanol–water partition coefficient (Wildman–Crippen LogP) is 0.229. The summed E-state index contributed by atoms with van der Waals surface area (Å²) < 4.78 is 8.85. The van der Waals surface area contributed by atoms with Gasteiger partial charge in [-0.3, -0.25) is 4.79 Å². The highest BCUT2D eigenvalue weighted by Crippen LogP contribution is 2.07. The summed E-state index contributed by atoms with van der Waals surface area (Å²) in [5.41, 5.74) is 0.747. The lowest BCUT2D eigenvalue weighted by Gasteiger charge is -2.14. The van der Waals surface area contributed by atoms with Gasteiger partial charge in [0.05, 0.1) is 14.2 Å². The van der Waals surface area contributed by atoms with E-state index in [9.17, 15) is 19.2 Å². The molecule has 0 spiro atoms. The van der Waals surface area contributed by atoms with Crippen molar-refractivity contribution in [3.63, 3.8) is 0 Å². The van der Waals surface area contributed by atoms with E-state index in [1.54, 1.807) is 0 Å². The smallest absolute Gasteiger partial charge is 0.340 e. The lowest BCUT2D eigenvalue weighted by Crippen LogP contribution is -2.47. The van der Waals surface area contributed by atoms with Gasteiger partial charge in [-0.15, -0.1) is 0 Å². The highest BCUT2D eigenvalue weighted by Gasteiger charge is 2.30. The lowest BCUT2D eigenvalue weighted by molar-refractivity contribution is -0.154. The molecule has 0 atom stereocenters. The van der Waals surface area contributed by atoms with E-state index in [4.69, 9.17) is 5.11 Å². The van der Waals surface area contributed by atoms with Crippen LogP contribution in [0.25, 0.3) is 6.08 Å². The molecule has 0 saturated heterocycles. The van der Waals surface area contributed by atoms with Gasteiger partial charge < -0.3 is 19.9 Å². The van der Waals surface area contributed by atoms with Crippen LogP contribution in [-0.4, -0.2) is 49.2 Å². The van der Waals surface area contributed by atoms with E-state index in [0.717, 1.165) is 20.3 Å². The van der Waals surface area contributed by atoms with Crippen molar-refractivity contribution in [2.45, 2.75) is 6.04 Å². The Balaban J connectivity index is 2.85. The number of methoxy groups -OCH3 is 2. The van der Waals surface area contributed by atoms with E-state index in [2.05, 4.69) is 14.8 Å². The molecule has 0 saturated carbocycles. The minimum Gasteiger partial charge on any atom is -0.478 e. The van der Waals surface area contributed by atoms with Gasteiger partial charge in [0, 0.05) is 11.6 Å². The first kappa shape index (κ1) is 17.9. The quantitative estimate of drug-likeness (QED) is 0.437. The van der Waals surface area contributed by atoms with Crippen LogP contribution < -0.4 is 5.32 Å². The second-order valence-electron chi connectivity index (χ2n) is 4.25. The molecule has 0 bridgehead atoms. The molecule has 0 fully saturated rings. The van der Waals surface area contributed by atoms with Crippen LogP contribution in [0.15, 0.2) is 30.3 Å². The number of carbonyl (C=O) groups is 4. The van der Waals surface area contributed by atoms with Gasteiger partial charge in [0.15, 0.2) is 0 Å². The number of carboxylic acid groups (broad SMARTS) is 1. The average molecular weight is 321 g/mol. The molecule has 2 N–H and O–H groups in total. The number of carboxylic acids is 1. The number of aliphatic carboxylic acids is 1. The monoisotopic (exact) mass is 321 g/mol. The Morgan fingerprint density at radius 1 is 1.04 bits per heavy atom. The second kappa shape index (κ2) is 8.32. The van der Waals surface area contributed by atoms with Gasteiger partial charge in [0.1, 0.15) is 0 Å². The summed E-state index contributed by atoms with van der Waals surface area (Å²) in [6.45, 7) is 0. The number of rotatable bonds is 6. The van der Waals surface area contributed by atoms with Crippen molar-refractivity contribution in [2.75, 3.05) is 14.2 Å². The summed E-state index contributed by atoms with van der Waals surface area (Å²) in [6, 6.07) is 4.30. The third-order valence-corrected chi connectivity index (χ3v) is 2.74. The first-order chi connectivity index (χ1) is 10.9. The van der Waals surface area contributed by atoms with E-state index in [1.165, 1.54) is 30.3 Å². The maximum absolute atomic E-state index is 12.0. The minimum absolute atomic E-state index is 0.176. The van der Waals surface area contributed by atoms with Gasteiger partial charge in [-0.1, -0.05) is 12.1 Å². The lowest BCUT2D eigenvalue weighted by atomic mass is 10.1. The Hall–Kier alpha value is -3.16. The van der Waals surface area contributed by atoms with Gasteiger partial charge in [-0.2, -0.15) is 0 Å². The molecule has 0 aliphatic rings. The fourth-order valence-electron chi connectivity index (χ4n) is 1.58. The Morgan fingerprint density at radius 2 is 1.57 bits per heavy atom. The molecule has 1 rings (SSSR count). The molecule has 8 heteroatoms. The van der Waals surface area contributed by atoms with Crippen LogP contribution in [0.2, 0.25) is 0 Å². The van der Waals surface area contributed by atoms with Crippen LogP contribution in [-0.2, 0) is 23.9 Å². The third kappa shape index (κ3) is 5.27. The highest BCUT2D eigenvalue weighted by molar-refractivity contribution is 6.05. The van der Waals surface area contributed by atoms with E-state index in [-0.39, 0.29) is 5.56 Å². The van der Waals surface area contributed by atoms with Crippen molar-refractivity contribution < 1.29 is 33.8 Å². The van der Waals surface area contributed by atoms with Crippen LogP contribution in [0.3, 0.4) is 0 Å². The standard InChI is InChI=1S/C15H15NO7/c1-22-14(20)12(15(21)23-2)16-13(19)10-6-3-9(4-7-10)5-8-11(17)18/h3-8,12H,1-2H3,(H,16,19)(H,17,18). The third-order valence-electron chi connectivity index (χ3n) is 2.74. The van der Waals surface area contributed by atoms with E-state index in [0.29, 0.717) is 5.56 Å². The Kier molecular flexibility index (Phi) is 6.47. The summed E-state index contributed by atoms with van der Waals surface area (Å²) in [6.07, 6.45) is 2.31.